The lowest BCUT2D eigenvalue weighted by Gasteiger charge is -2.10. The molecule has 0 N–H and O–H groups in total. The van der Waals surface area contributed by atoms with Crippen molar-refractivity contribution in [2.75, 3.05) is 7.11 Å². The van der Waals surface area contributed by atoms with Crippen molar-refractivity contribution in [1.29, 1.82) is 0 Å². The van der Waals surface area contributed by atoms with E-state index in [1.54, 1.807) is 7.11 Å². The molecule has 1 nitrogen and oxygen atoms in total. The molecule has 3 heterocycles. The van der Waals surface area contributed by atoms with Gasteiger partial charge in [-0.2, -0.15) is 0 Å². The lowest BCUT2D eigenvalue weighted by Crippen LogP contribution is -1.85. The van der Waals surface area contributed by atoms with Gasteiger partial charge in [-0.15, -0.1) is 34.0 Å². The molecule has 0 aliphatic carbocycles. The molecule has 0 aliphatic rings. The predicted molar refractivity (Wildman–Crippen MR) is 155 cm³/mol. The third kappa shape index (κ3) is 3.41. The molecule has 0 saturated heterocycles. The Bertz CT molecular complexity index is 1840. The number of fused-ring (bicyclic) bond motifs is 3. The van der Waals surface area contributed by atoms with Gasteiger partial charge in [-0.05, 0) is 58.1 Å². The van der Waals surface area contributed by atoms with E-state index in [0.29, 0.717) is 0 Å². The highest BCUT2D eigenvalue weighted by Gasteiger charge is 2.23. The minimum absolute atomic E-state index is 0.886. The van der Waals surface area contributed by atoms with Crippen molar-refractivity contribution in [3.8, 4) is 37.1 Å². The van der Waals surface area contributed by atoms with E-state index in [1.165, 1.54) is 62.3 Å². The molecular weight excluding hydrogens is 485 g/mol. The normalized spacial score (nSPS) is 11.6. The first kappa shape index (κ1) is 20.9. The summed E-state index contributed by atoms with van der Waals surface area (Å²) in [6.07, 6.45) is 0. The number of thiophene rings is 3. The van der Waals surface area contributed by atoms with Crippen molar-refractivity contribution in [3.05, 3.63) is 102 Å². The Morgan fingerprint density at radius 3 is 2.03 bits per heavy atom. The van der Waals surface area contributed by atoms with Crippen molar-refractivity contribution in [1.82, 2.24) is 0 Å². The number of hydrogen-bond donors (Lipinski definition) is 0. The minimum atomic E-state index is 0.886. The van der Waals surface area contributed by atoms with Crippen LogP contribution in [0.15, 0.2) is 102 Å². The standard InChI is InChI=1S/C31H20OS3/c1-32-22-15-14-19-17-21(13-12-20(19)18-22)28-23-7-2-4-9-25(23)35-31(28)29-24-8-3-5-10-26(24)34-30(29)27-11-6-16-33-27/h2-18H,1H3. The zero-order valence-electron chi connectivity index (χ0n) is 18.9. The number of methoxy groups -OCH3 is 1. The molecule has 0 radical (unpaired) electrons. The summed E-state index contributed by atoms with van der Waals surface area (Å²) in [6.45, 7) is 0. The maximum Gasteiger partial charge on any atom is 0.119 e. The van der Waals surface area contributed by atoms with E-state index >= 15 is 0 Å². The third-order valence-corrected chi connectivity index (χ3v) is 9.91. The number of ether oxygens (including phenoxy) is 1. The summed E-state index contributed by atoms with van der Waals surface area (Å²) in [7, 11) is 1.72. The zero-order chi connectivity index (χ0) is 23.4. The molecule has 0 bridgehead atoms. The van der Waals surface area contributed by atoms with Gasteiger partial charge in [0.25, 0.3) is 0 Å². The molecule has 35 heavy (non-hydrogen) atoms. The van der Waals surface area contributed by atoms with Crippen LogP contribution in [0, 0.1) is 0 Å². The van der Waals surface area contributed by atoms with Crippen LogP contribution in [0.3, 0.4) is 0 Å². The summed E-state index contributed by atoms with van der Waals surface area (Å²) in [5.41, 5.74) is 3.94. The largest absolute Gasteiger partial charge is 0.497 e. The van der Waals surface area contributed by atoms with E-state index in [4.69, 9.17) is 4.74 Å². The summed E-state index contributed by atoms with van der Waals surface area (Å²) in [5, 5.41) is 7.23. The second-order valence-corrected chi connectivity index (χ2v) is 11.6. The summed E-state index contributed by atoms with van der Waals surface area (Å²) in [5.74, 6) is 0.886. The fraction of sp³-hybridized carbons (Fsp3) is 0.0323. The predicted octanol–water partition coefficient (Wildman–Crippen LogP) is 10.3. The van der Waals surface area contributed by atoms with Crippen molar-refractivity contribution in [2.45, 2.75) is 0 Å². The van der Waals surface area contributed by atoms with Crippen LogP contribution < -0.4 is 4.74 Å². The second-order valence-electron chi connectivity index (χ2n) is 8.51. The molecular formula is C31H20OS3. The second kappa shape index (κ2) is 8.35. The van der Waals surface area contributed by atoms with Crippen LogP contribution in [-0.2, 0) is 0 Å². The van der Waals surface area contributed by atoms with E-state index in [-0.39, 0.29) is 0 Å². The summed E-state index contributed by atoms with van der Waals surface area (Å²) < 4.78 is 8.10. The summed E-state index contributed by atoms with van der Waals surface area (Å²) in [4.78, 5) is 4.04. The Hall–Kier alpha value is -3.44. The van der Waals surface area contributed by atoms with Crippen LogP contribution in [0.25, 0.3) is 62.3 Å². The lowest BCUT2D eigenvalue weighted by molar-refractivity contribution is 0.415. The van der Waals surface area contributed by atoms with E-state index in [0.717, 1.165) is 5.75 Å². The molecule has 0 amide bonds. The zero-order valence-corrected chi connectivity index (χ0v) is 21.4. The van der Waals surface area contributed by atoms with Crippen LogP contribution in [0.2, 0.25) is 0 Å². The first-order valence-corrected chi connectivity index (χ1v) is 14.0. The SMILES string of the molecule is COc1ccc2cc(-c3c(-c4c(-c5cccs5)sc5ccccc45)sc4ccccc34)ccc2c1. The van der Waals surface area contributed by atoms with Gasteiger partial charge < -0.3 is 4.74 Å². The van der Waals surface area contributed by atoms with Gasteiger partial charge in [-0.25, -0.2) is 0 Å². The van der Waals surface area contributed by atoms with Crippen molar-refractivity contribution in [3.63, 3.8) is 0 Å². The maximum absolute atomic E-state index is 5.44. The van der Waals surface area contributed by atoms with Gasteiger partial charge in [-0.1, -0.05) is 60.7 Å². The molecule has 7 aromatic rings. The van der Waals surface area contributed by atoms with Crippen LogP contribution in [0.5, 0.6) is 5.75 Å². The van der Waals surface area contributed by atoms with Crippen LogP contribution in [0.1, 0.15) is 0 Å². The molecule has 4 aromatic carbocycles. The number of rotatable bonds is 4. The van der Waals surface area contributed by atoms with E-state index < -0.39 is 0 Å². The van der Waals surface area contributed by atoms with Gasteiger partial charge >= 0.3 is 0 Å². The Morgan fingerprint density at radius 2 is 1.29 bits per heavy atom. The van der Waals surface area contributed by atoms with Gasteiger partial charge in [0.15, 0.2) is 0 Å². The molecule has 168 valence electrons. The minimum Gasteiger partial charge on any atom is -0.497 e. The first-order valence-electron chi connectivity index (χ1n) is 11.5. The quantitative estimate of drug-likeness (QED) is 0.232. The Morgan fingerprint density at radius 1 is 0.600 bits per heavy atom. The van der Waals surface area contributed by atoms with Gasteiger partial charge in [0, 0.05) is 41.1 Å². The number of benzene rings is 4. The van der Waals surface area contributed by atoms with Gasteiger partial charge in [0.1, 0.15) is 5.75 Å². The smallest absolute Gasteiger partial charge is 0.119 e. The molecule has 0 fully saturated rings. The highest BCUT2D eigenvalue weighted by molar-refractivity contribution is 7.28. The Balaban J connectivity index is 1.56. The Labute approximate surface area is 215 Å². The maximum atomic E-state index is 5.44. The van der Waals surface area contributed by atoms with E-state index in [9.17, 15) is 0 Å². The highest BCUT2D eigenvalue weighted by Crippen LogP contribution is 2.53. The van der Waals surface area contributed by atoms with E-state index in [2.05, 4.69) is 96.4 Å². The monoisotopic (exact) mass is 504 g/mol. The highest BCUT2D eigenvalue weighted by atomic mass is 32.1. The number of hydrogen-bond acceptors (Lipinski definition) is 4. The van der Waals surface area contributed by atoms with Crippen molar-refractivity contribution < 1.29 is 4.74 Å². The Kier molecular flexibility index (Phi) is 4.98. The molecule has 7 rings (SSSR count). The molecule has 0 aliphatic heterocycles. The third-order valence-electron chi connectivity index (χ3n) is 6.50. The molecule has 0 atom stereocenters. The molecule has 0 saturated carbocycles. The van der Waals surface area contributed by atoms with Crippen molar-refractivity contribution >= 4 is 65.0 Å². The van der Waals surface area contributed by atoms with Gasteiger partial charge in [-0.3, -0.25) is 0 Å². The molecule has 0 unspecified atom stereocenters. The van der Waals surface area contributed by atoms with Gasteiger partial charge in [0.2, 0.25) is 0 Å². The van der Waals surface area contributed by atoms with Gasteiger partial charge in [0.05, 0.1) is 12.0 Å². The fourth-order valence-electron chi connectivity index (χ4n) is 4.87. The van der Waals surface area contributed by atoms with Crippen LogP contribution in [0.4, 0.5) is 0 Å². The van der Waals surface area contributed by atoms with Crippen molar-refractivity contribution in [2.24, 2.45) is 0 Å². The molecule has 0 spiro atoms. The van der Waals surface area contributed by atoms with Crippen LogP contribution in [-0.4, -0.2) is 7.11 Å². The topological polar surface area (TPSA) is 9.23 Å². The summed E-state index contributed by atoms with van der Waals surface area (Å²) >= 11 is 5.62. The average Bonchev–Trinajstić information content (AvgIpc) is 3.64. The first-order chi connectivity index (χ1) is 17.3. The lowest BCUT2D eigenvalue weighted by atomic mass is 9.95. The summed E-state index contributed by atoms with van der Waals surface area (Å²) in [6, 6.07) is 35.1. The van der Waals surface area contributed by atoms with E-state index in [1.807, 2.05) is 40.1 Å². The molecule has 4 heteroatoms. The molecule has 3 aromatic heterocycles. The average molecular weight is 505 g/mol. The van der Waals surface area contributed by atoms with Crippen LogP contribution >= 0.6 is 34.0 Å². The fourth-order valence-corrected chi connectivity index (χ4v) is 8.29.